The first-order valence-corrected chi connectivity index (χ1v) is 6.65. The number of nitrogens with one attached hydrogen (secondary N) is 1. The Morgan fingerprint density at radius 1 is 1.05 bits per heavy atom. The summed E-state index contributed by atoms with van der Waals surface area (Å²) in [5.74, 6) is -0.323. The number of rotatable bonds is 2. The second-order valence-electron chi connectivity index (χ2n) is 5.19. The van der Waals surface area contributed by atoms with Gasteiger partial charge in [-0.3, -0.25) is 4.79 Å². The van der Waals surface area contributed by atoms with E-state index in [1.165, 1.54) is 12.1 Å². The molecular formula is C17H15FN2O. The predicted molar refractivity (Wildman–Crippen MR) is 84.3 cm³/mol. The number of halogens is 1. The Balaban J connectivity index is 2.20. The molecule has 0 saturated carbocycles. The van der Waals surface area contributed by atoms with E-state index in [0.717, 1.165) is 11.1 Å². The fourth-order valence-electron chi connectivity index (χ4n) is 2.34. The standard InChI is InChI=1S/C17H15FN2O/c1-20(2)14-7-6-11-9-16(19-17(21)15(11)10-14)12-4-3-5-13(18)8-12/h3-10H,1-2H3,(H,19,21). The Bertz CT molecular complexity index is 868. The van der Waals surface area contributed by atoms with Crippen LogP contribution in [0.4, 0.5) is 10.1 Å². The van der Waals surface area contributed by atoms with Gasteiger partial charge in [-0.2, -0.15) is 0 Å². The summed E-state index contributed by atoms with van der Waals surface area (Å²) in [5, 5.41) is 1.46. The molecule has 0 unspecified atom stereocenters. The van der Waals surface area contributed by atoms with Crippen molar-refractivity contribution in [1.29, 1.82) is 0 Å². The van der Waals surface area contributed by atoms with Crippen molar-refractivity contribution in [2.24, 2.45) is 0 Å². The highest BCUT2D eigenvalue weighted by Gasteiger charge is 2.06. The van der Waals surface area contributed by atoms with Gasteiger partial charge in [0.15, 0.2) is 0 Å². The molecule has 1 aromatic heterocycles. The van der Waals surface area contributed by atoms with Gasteiger partial charge in [0.1, 0.15) is 5.82 Å². The number of H-pyrrole nitrogens is 1. The zero-order valence-electron chi connectivity index (χ0n) is 11.9. The van der Waals surface area contributed by atoms with Crippen LogP contribution in [0.3, 0.4) is 0 Å². The van der Waals surface area contributed by atoms with E-state index in [4.69, 9.17) is 0 Å². The summed E-state index contributed by atoms with van der Waals surface area (Å²) < 4.78 is 13.3. The first kappa shape index (κ1) is 13.4. The third-order valence-corrected chi connectivity index (χ3v) is 3.48. The summed E-state index contributed by atoms with van der Waals surface area (Å²) >= 11 is 0. The van der Waals surface area contributed by atoms with Gasteiger partial charge in [-0.15, -0.1) is 0 Å². The van der Waals surface area contributed by atoms with Crippen LogP contribution in [0, 0.1) is 5.82 Å². The Morgan fingerprint density at radius 3 is 2.57 bits per heavy atom. The van der Waals surface area contributed by atoms with Crippen LogP contribution in [0.25, 0.3) is 22.0 Å². The molecule has 0 aliphatic rings. The van der Waals surface area contributed by atoms with Crippen molar-refractivity contribution in [3.05, 3.63) is 64.7 Å². The second-order valence-corrected chi connectivity index (χ2v) is 5.19. The van der Waals surface area contributed by atoms with E-state index >= 15 is 0 Å². The number of pyridine rings is 1. The number of aromatic nitrogens is 1. The zero-order chi connectivity index (χ0) is 15.0. The van der Waals surface area contributed by atoms with Crippen molar-refractivity contribution >= 4 is 16.5 Å². The van der Waals surface area contributed by atoms with Crippen LogP contribution >= 0.6 is 0 Å². The van der Waals surface area contributed by atoms with Gasteiger partial charge >= 0.3 is 0 Å². The lowest BCUT2D eigenvalue weighted by atomic mass is 10.1. The molecule has 21 heavy (non-hydrogen) atoms. The molecule has 3 rings (SSSR count). The van der Waals surface area contributed by atoms with Crippen molar-refractivity contribution in [3.8, 4) is 11.3 Å². The van der Waals surface area contributed by atoms with Crippen LogP contribution in [-0.4, -0.2) is 19.1 Å². The van der Waals surface area contributed by atoms with Crippen molar-refractivity contribution in [1.82, 2.24) is 4.98 Å². The highest BCUT2D eigenvalue weighted by Crippen LogP contribution is 2.23. The Labute approximate surface area is 121 Å². The van der Waals surface area contributed by atoms with Gasteiger partial charge in [0, 0.05) is 36.4 Å². The van der Waals surface area contributed by atoms with Crippen LogP contribution in [0.5, 0.6) is 0 Å². The molecule has 0 fully saturated rings. The van der Waals surface area contributed by atoms with Gasteiger partial charge in [0.25, 0.3) is 5.56 Å². The lowest BCUT2D eigenvalue weighted by Gasteiger charge is -2.13. The molecule has 0 atom stereocenters. The van der Waals surface area contributed by atoms with E-state index in [2.05, 4.69) is 4.98 Å². The molecule has 0 radical (unpaired) electrons. The fraction of sp³-hybridized carbons (Fsp3) is 0.118. The first-order chi connectivity index (χ1) is 10.0. The van der Waals surface area contributed by atoms with Gasteiger partial charge < -0.3 is 9.88 Å². The first-order valence-electron chi connectivity index (χ1n) is 6.65. The minimum atomic E-state index is -0.323. The molecule has 4 heteroatoms. The van der Waals surface area contributed by atoms with Crippen molar-refractivity contribution in [3.63, 3.8) is 0 Å². The summed E-state index contributed by atoms with van der Waals surface area (Å²) in [6.45, 7) is 0. The molecule has 106 valence electrons. The minimum Gasteiger partial charge on any atom is -0.378 e. The number of hydrogen-bond acceptors (Lipinski definition) is 2. The molecular weight excluding hydrogens is 267 g/mol. The van der Waals surface area contributed by atoms with E-state index in [0.29, 0.717) is 16.6 Å². The molecule has 0 bridgehead atoms. The largest absolute Gasteiger partial charge is 0.378 e. The van der Waals surface area contributed by atoms with Crippen LogP contribution in [0.2, 0.25) is 0 Å². The second kappa shape index (κ2) is 5.05. The van der Waals surface area contributed by atoms with Gasteiger partial charge in [0.2, 0.25) is 0 Å². The normalized spacial score (nSPS) is 10.8. The SMILES string of the molecule is CN(C)c1ccc2cc(-c3cccc(F)c3)[nH]c(=O)c2c1. The van der Waals surface area contributed by atoms with Crippen LogP contribution in [-0.2, 0) is 0 Å². The number of aromatic amines is 1. The van der Waals surface area contributed by atoms with Gasteiger partial charge in [-0.1, -0.05) is 18.2 Å². The summed E-state index contributed by atoms with van der Waals surface area (Å²) in [6.07, 6.45) is 0. The average molecular weight is 282 g/mol. The molecule has 2 aromatic carbocycles. The van der Waals surface area contributed by atoms with E-state index in [9.17, 15) is 9.18 Å². The van der Waals surface area contributed by atoms with Gasteiger partial charge in [-0.25, -0.2) is 4.39 Å². The monoisotopic (exact) mass is 282 g/mol. The third kappa shape index (κ3) is 2.52. The molecule has 3 aromatic rings. The quantitative estimate of drug-likeness (QED) is 0.782. The Hall–Kier alpha value is -2.62. The number of hydrogen-bond donors (Lipinski definition) is 1. The molecule has 0 spiro atoms. The van der Waals surface area contributed by atoms with Crippen molar-refractivity contribution < 1.29 is 4.39 Å². The number of nitrogens with zero attached hydrogens (tertiary/aromatic N) is 1. The third-order valence-electron chi connectivity index (χ3n) is 3.48. The fourth-order valence-corrected chi connectivity index (χ4v) is 2.34. The highest BCUT2D eigenvalue weighted by atomic mass is 19.1. The van der Waals surface area contributed by atoms with E-state index in [1.54, 1.807) is 12.1 Å². The van der Waals surface area contributed by atoms with Crippen LogP contribution in [0.15, 0.2) is 53.3 Å². The molecule has 0 amide bonds. The lowest BCUT2D eigenvalue weighted by molar-refractivity contribution is 0.628. The Kier molecular flexibility index (Phi) is 3.22. The van der Waals surface area contributed by atoms with E-state index in [1.807, 2.05) is 43.3 Å². The molecule has 1 heterocycles. The predicted octanol–water partition coefficient (Wildman–Crippen LogP) is 3.40. The maximum Gasteiger partial charge on any atom is 0.256 e. The van der Waals surface area contributed by atoms with Gasteiger partial charge in [0.05, 0.1) is 0 Å². The van der Waals surface area contributed by atoms with Crippen molar-refractivity contribution in [2.75, 3.05) is 19.0 Å². The van der Waals surface area contributed by atoms with Crippen molar-refractivity contribution in [2.45, 2.75) is 0 Å². The maximum absolute atomic E-state index is 13.3. The minimum absolute atomic E-state index is 0.171. The van der Waals surface area contributed by atoms with E-state index in [-0.39, 0.29) is 11.4 Å². The molecule has 3 nitrogen and oxygen atoms in total. The maximum atomic E-state index is 13.3. The lowest BCUT2D eigenvalue weighted by Crippen LogP contribution is -2.11. The molecule has 0 saturated heterocycles. The molecule has 0 aliphatic heterocycles. The summed E-state index contributed by atoms with van der Waals surface area (Å²) in [4.78, 5) is 17.0. The van der Waals surface area contributed by atoms with Crippen LogP contribution < -0.4 is 10.5 Å². The number of benzene rings is 2. The average Bonchev–Trinajstić information content (AvgIpc) is 2.46. The highest BCUT2D eigenvalue weighted by molar-refractivity contribution is 5.87. The summed E-state index contributed by atoms with van der Waals surface area (Å²) in [6, 6.07) is 13.8. The number of fused-ring (bicyclic) bond motifs is 1. The summed E-state index contributed by atoms with van der Waals surface area (Å²) in [7, 11) is 3.85. The smallest absolute Gasteiger partial charge is 0.256 e. The van der Waals surface area contributed by atoms with Gasteiger partial charge in [-0.05, 0) is 35.7 Å². The topological polar surface area (TPSA) is 36.1 Å². The summed E-state index contributed by atoms with van der Waals surface area (Å²) in [5.41, 5.74) is 2.07. The number of anilines is 1. The van der Waals surface area contributed by atoms with E-state index < -0.39 is 0 Å². The molecule has 0 aliphatic carbocycles. The molecule has 1 N–H and O–H groups in total. The zero-order valence-corrected chi connectivity index (χ0v) is 11.9. The Morgan fingerprint density at radius 2 is 1.86 bits per heavy atom. The van der Waals surface area contributed by atoms with Crippen LogP contribution in [0.1, 0.15) is 0 Å².